The maximum absolute atomic E-state index is 13.2. The van der Waals surface area contributed by atoms with Crippen molar-refractivity contribution in [1.82, 2.24) is 8.87 Å². The third-order valence-electron chi connectivity index (χ3n) is 6.42. The van der Waals surface area contributed by atoms with Gasteiger partial charge in [-0.2, -0.15) is 9.30 Å². The van der Waals surface area contributed by atoms with E-state index in [9.17, 15) is 28.1 Å². The molecule has 0 radical (unpaired) electrons. The van der Waals surface area contributed by atoms with Gasteiger partial charge in [-0.05, 0) is 56.5 Å². The quantitative estimate of drug-likeness (QED) is 0.231. The summed E-state index contributed by atoms with van der Waals surface area (Å²) >= 11 is 1.03. The van der Waals surface area contributed by atoms with Gasteiger partial charge in [0.1, 0.15) is 6.54 Å². The number of rotatable bonds is 8. The van der Waals surface area contributed by atoms with Crippen molar-refractivity contribution in [3.8, 4) is 0 Å². The highest BCUT2D eigenvalue weighted by Crippen LogP contribution is 2.27. The number of nitro groups is 1. The van der Waals surface area contributed by atoms with Gasteiger partial charge in [-0.25, -0.2) is 8.42 Å². The van der Waals surface area contributed by atoms with Gasteiger partial charge in [0.2, 0.25) is 10.0 Å². The Bertz CT molecular complexity index is 1540. The largest absolute Gasteiger partial charge is 0.465 e. The second kappa shape index (κ2) is 11.5. The Morgan fingerprint density at radius 2 is 1.89 bits per heavy atom. The SMILES string of the molecule is CCOC(=O)Cn1c(=NC(=O)c2ccc(S(=O)(=O)N3CCCCC3CC)cc2)sc2cc([N+](=O)[O-])ccc21. The van der Waals surface area contributed by atoms with E-state index in [2.05, 4.69) is 4.99 Å². The first-order chi connectivity index (χ1) is 18.1. The molecule has 2 aromatic carbocycles. The minimum absolute atomic E-state index is 0.0383. The summed E-state index contributed by atoms with van der Waals surface area (Å²) in [6.45, 7) is 4.06. The van der Waals surface area contributed by atoms with Crippen LogP contribution in [0.1, 0.15) is 49.9 Å². The summed E-state index contributed by atoms with van der Waals surface area (Å²) in [6, 6.07) is 9.76. The number of non-ortho nitro benzene ring substituents is 1. The van der Waals surface area contributed by atoms with Crippen LogP contribution >= 0.6 is 11.3 Å². The fourth-order valence-electron chi connectivity index (χ4n) is 4.50. The number of aromatic nitrogens is 1. The lowest BCUT2D eigenvalue weighted by Crippen LogP contribution is -2.43. The summed E-state index contributed by atoms with van der Waals surface area (Å²) in [4.78, 5) is 40.4. The van der Waals surface area contributed by atoms with Crippen LogP contribution in [0, 0.1) is 10.1 Å². The van der Waals surface area contributed by atoms with Crippen LogP contribution in [-0.2, 0) is 26.1 Å². The van der Waals surface area contributed by atoms with Crippen molar-refractivity contribution >= 4 is 49.1 Å². The van der Waals surface area contributed by atoms with E-state index < -0.39 is 26.8 Å². The van der Waals surface area contributed by atoms with Gasteiger partial charge in [-0.3, -0.25) is 19.7 Å². The number of nitrogens with zero attached hydrogens (tertiary/aromatic N) is 4. The number of fused-ring (bicyclic) bond motifs is 1. The van der Waals surface area contributed by atoms with Crippen molar-refractivity contribution in [3.63, 3.8) is 0 Å². The van der Waals surface area contributed by atoms with E-state index in [0.717, 1.165) is 37.0 Å². The van der Waals surface area contributed by atoms with Gasteiger partial charge in [0.25, 0.3) is 11.6 Å². The molecule has 0 N–H and O–H groups in total. The Morgan fingerprint density at radius 3 is 2.55 bits per heavy atom. The topological polar surface area (TPSA) is 141 Å². The summed E-state index contributed by atoms with van der Waals surface area (Å²) < 4.78 is 35.0. The first-order valence-corrected chi connectivity index (χ1v) is 14.6. The van der Waals surface area contributed by atoms with Gasteiger partial charge >= 0.3 is 5.97 Å². The molecule has 1 aliphatic rings. The molecule has 1 fully saturated rings. The molecule has 1 aliphatic heterocycles. The van der Waals surface area contributed by atoms with Crippen molar-refractivity contribution < 1.29 is 27.7 Å². The lowest BCUT2D eigenvalue weighted by Gasteiger charge is -2.34. The van der Waals surface area contributed by atoms with E-state index in [0.29, 0.717) is 16.8 Å². The Labute approximate surface area is 223 Å². The summed E-state index contributed by atoms with van der Waals surface area (Å²) in [5.41, 5.74) is 0.533. The summed E-state index contributed by atoms with van der Waals surface area (Å²) in [7, 11) is -3.70. The van der Waals surface area contributed by atoms with E-state index in [1.54, 1.807) is 11.2 Å². The Kier molecular flexibility index (Phi) is 8.38. The minimum Gasteiger partial charge on any atom is -0.465 e. The third kappa shape index (κ3) is 5.69. The molecule has 202 valence electrons. The number of carbonyl (C=O) groups excluding carboxylic acids is 2. The third-order valence-corrected chi connectivity index (χ3v) is 9.43. The van der Waals surface area contributed by atoms with E-state index >= 15 is 0 Å². The van der Waals surface area contributed by atoms with Crippen LogP contribution in [0.15, 0.2) is 52.4 Å². The number of esters is 1. The number of nitro benzene ring substituents is 1. The standard InChI is InChI=1S/C25H28N4O7S2/c1-3-18-7-5-6-14-28(18)38(34,35)20-11-8-17(9-12-20)24(31)26-25-27(16-23(30)36-4-2)21-13-10-19(29(32)33)15-22(21)37-25/h8-13,15,18H,3-7,14,16H2,1-2H3. The van der Waals surface area contributed by atoms with Crippen molar-refractivity contribution in [3.05, 3.63) is 62.9 Å². The molecule has 4 rings (SSSR count). The van der Waals surface area contributed by atoms with Crippen molar-refractivity contribution in [2.24, 2.45) is 4.99 Å². The smallest absolute Gasteiger partial charge is 0.326 e. The van der Waals surface area contributed by atoms with Crippen LogP contribution in [0.25, 0.3) is 10.2 Å². The van der Waals surface area contributed by atoms with Crippen LogP contribution in [0.2, 0.25) is 0 Å². The van der Waals surface area contributed by atoms with Crippen LogP contribution in [0.4, 0.5) is 5.69 Å². The molecule has 1 amide bonds. The minimum atomic E-state index is -3.70. The molecule has 0 bridgehead atoms. The van der Waals surface area contributed by atoms with E-state index in [-0.39, 0.29) is 40.1 Å². The second-order valence-corrected chi connectivity index (χ2v) is 11.7. The number of hydrogen-bond acceptors (Lipinski definition) is 8. The monoisotopic (exact) mass is 560 g/mol. The molecule has 0 aliphatic carbocycles. The number of ether oxygens (including phenoxy) is 1. The maximum atomic E-state index is 13.2. The van der Waals surface area contributed by atoms with Gasteiger partial charge in [0.05, 0.1) is 26.6 Å². The van der Waals surface area contributed by atoms with Gasteiger partial charge in [0, 0.05) is 30.3 Å². The Hall–Kier alpha value is -3.42. The van der Waals surface area contributed by atoms with Gasteiger partial charge in [-0.15, -0.1) is 0 Å². The zero-order valence-electron chi connectivity index (χ0n) is 21.0. The number of hydrogen-bond donors (Lipinski definition) is 0. The fourth-order valence-corrected chi connectivity index (χ4v) is 7.33. The second-order valence-electron chi connectivity index (χ2n) is 8.80. The maximum Gasteiger partial charge on any atom is 0.326 e. The normalized spacial score (nSPS) is 17.0. The predicted octanol–water partition coefficient (Wildman–Crippen LogP) is 3.87. The fraction of sp³-hybridized carbons (Fsp3) is 0.400. The summed E-state index contributed by atoms with van der Waals surface area (Å²) in [5.74, 6) is -1.19. The first-order valence-electron chi connectivity index (χ1n) is 12.3. The molecule has 38 heavy (non-hydrogen) atoms. The van der Waals surface area contributed by atoms with Crippen LogP contribution in [-0.4, -0.2) is 53.3 Å². The number of amides is 1. The van der Waals surface area contributed by atoms with Crippen LogP contribution < -0.4 is 4.80 Å². The van der Waals surface area contributed by atoms with E-state index in [1.807, 2.05) is 6.92 Å². The predicted molar refractivity (Wildman–Crippen MR) is 141 cm³/mol. The molecule has 13 heteroatoms. The highest BCUT2D eigenvalue weighted by Gasteiger charge is 2.32. The van der Waals surface area contributed by atoms with Crippen LogP contribution in [0.3, 0.4) is 0 Å². The molecule has 1 saturated heterocycles. The molecule has 1 atom stereocenters. The van der Waals surface area contributed by atoms with Gasteiger partial charge < -0.3 is 9.30 Å². The summed E-state index contributed by atoms with van der Waals surface area (Å²) in [6.07, 6.45) is 3.38. The van der Waals surface area contributed by atoms with Crippen molar-refractivity contribution in [1.29, 1.82) is 0 Å². The van der Waals surface area contributed by atoms with Gasteiger partial charge in [0.15, 0.2) is 4.80 Å². The van der Waals surface area contributed by atoms with E-state index in [1.165, 1.54) is 47.0 Å². The number of carbonyl (C=O) groups is 2. The van der Waals surface area contributed by atoms with Gasteiger partial charge in [-0.1, -0.05) is 24.7 Å². The van der Waals surface area contributed by atoms with Crippen LogP contribution in [0.5, 0.6) is 0 Å². The lowest BCUT2D eigenvalue weighted by atomic mass is 10.0. The van der Waals surface area contributed by atoms with Crippen molar-refractivity contribution in [2.45, 2.75) is 57.0 Å². The summed E-state index contributed by atoms with van der Waals surface area (Å²) in [5, 5.41) is 11.2. The highest BCUT2D eigenvalue weighted by atomic mass is 32.2. The molecule has 1 unspecified atom stereocenters. The number of sulfonamides is 1. The molecular formula is C25H28N4O7S2. The average Bonchev–Trinajstić information content (AvgIpc) is 3.24. The zero-order valence-corrected chi connectivity index (χ0v) is 22.7. The first kappa shape index (κ1) is 27.6. The Balaban J connectivity index is 1.68. The molecular weight excluding hydrogens is 532 g/mol. The highest BCUT2D eigenvalue weighted by molar-refractivity contribution is 7.89. The zero-order chi connectivity index (χ0) is 27.4. The molecule has 2 heterocycles. The van der Waals surface area contributed by atoms with Crippen molar-refractivity contribution in [2.75, 3.05) is 13.2 Å². The molecule has 3 aromatic rings. The number of piperidine rings is 1. The molecule has 1 aromatic heterocycles. The number of benzene rings is 2. The molecule has 11 nitrogen and oxygen atoms in total. The Morgan fingerprint density at radius 1 is 1.16 bits per heavy atom. The van der Waals surface area contributed by atoms with E-state index in [4.69, 9.17) is 4.74 Å². The lowest BCUT2D eigenvalue weighted by molar-refractivity contribution is -0.384. The number of thiazole rings is 1. The molecule has 0 saturated carbocycles. The average molecular weight is 561 g/mol. The molecule has 0 spiro atoms.